The van der Waals surface area contributed by atoms with Gasteiger partial charge < -0.3 is 14.2 Å². The summed E-state index contributed by atoms with van der Waals surface area (Å²) >= 11 is 11.1. The fourth-order valence-electron chi connectivity index (χ4n) is 2.05. The summed E-state index contributed by atoms with van der Waals surface area (Å²) in [6, 6.07) is 0. The minimum absolute atomic E-state index is 0.453. The van der Waals surface area contributed by atoms with Crippen LogP contribution in [0.5, 0.6) is 0 Å². The highest BCUT2D eigenvalue weighted by Crippen LogP contribution is 2.40. The standard InChI is InChI=1S/C19H23Br3O3/c1-4-7-10-25-13-16-18(21)14(11-23-8-5-2)17(20)15(19(16)22)12-24-9-6-3/h4-6H,1-3,7-13H2. The normalized spacial score (nSPS) is 10.7. The van der Waals surface area contributed by atoms with Crippen molar-refractivity contribution in [1.82, 2.24) is 0 Å². The molecule has 0 aliphatic heterocycles. The molecule has 1 aromatic rings. The smallest absolute Gasteiger partial charge is 0.0743 e. The maximum atomic E-state index is 5.76. The highest BCUT2D eigenvalue weighted by molar-refractivity contribution is 9.11. The molecule has 0 N–H and O–H groups in total. The maximum Gasteiger partial charge on any atom is 0.0743 e. The van der Waals surface area contributed by atoms with E-state index in [1.54, 1.807) is 12.2 Å². The zero-order chi connectivity index (χ0) is 18.7. The Balaban J connectivity index is 3.14. The van der Waals surface area contributed by atoms with Gasteiger partial charge in [-0.3, -0.25) is 0 Å². The first-order chi connectivity index (χ1) is 12.1. The van der Waals surface area contributed by atoms with Gasteiger partial charge in [-0.15, -0.1) is 19.7 Å². The van der Waals surface area contributed by atoms with Crippen molar-refractivity contribution in [3.63, 3.8) is 0 Å². The molecule has 6 heteroatoms. The lowest BCUT2D eigenvalue weighted by Gasteiger charge is -2.19. The molecule has 138 valence electrons. The van der Waals surface area contributed by atoms with E-state index in [1.165, 1.54) is 0 Å². The molecule has 1 rings (SSSR count). The lowest BCUT2D eigenvalue weighted by Crippen LogP contribution is -2.07. The Morgan fingerprint density at radius 1 is 0.640 bits per heavy atom. The first kappa shape index (κ1) is 22.8. The van der Waals surface area contributed by atoms with Crippen LogP contribution in [0, 0.1) is 0 Å². The lowest BCUT2D eigenvalue weighted by atomic mass is 10.1. The predicted octanol–water partition coefficient (Wildman–Crippen LogP) is 6.47. The Bertz CT molecular complexity index is 559. The maximum absolute atomic E-state index is 5.76. The number of ether oxygens (including phenoxy) is 3. The highest BCUT2D eigenvalue weighted by atomic mass is 79.9. The summed E-state index contributed by atoms with van der Waals surface area (Å²) < 4.78 is 19.9. The van der Waals surface area contributed by atoms with Gasteiger partial charge in [0.1, 0.15) is 0 Å². The molecule has 0 heterocycles. The van der Waals surface area contributed by atoms with Crippen LogP contribution in [0.3, 0.4) is 0 Å². The minimum atomic E-state index is 0.453. The van der Waals surface area contributed by atoms with E-state index in [-0.39, 0.29) is 0 Å². The number of hydrogen-bond donors (Lipinski definition) is 0. The molecule has 0 saturated heterocycles. The topological polar surface area (TPSA) is 27.7 Å². The van der Waals surface area contributed by atoms with Crippen LogP contribution < -0.4 is 0 Å². The molecule has 1 aromatic carbocycles. The SMILES string of the molecule is C=CCCOCc1c(Br)c(COCC=C)c(Br)c(COCC=C)c1Br. The van der Waals surface area contributed by atoms with E-state index in [4.69, 9.17) is 14.2 Å². The average molecular weight is 539 g/mol. The Hall–Kier alpha value is -0.240. The van der Waals surface area contributed by atoms with Crippen LogP contribution in [-0.4, -0.2) is 19.8 Å². The van der Waals surface area contributed by atoms with Crippen LogP contribution in [0.4, 0.5) is 0 Å². The summed E-state index contributed by atoms with van der Waals surface area (Å²) in [5.41, 5.74) is 3.07. The van der Waals surface area contributed by atoms with Crippen molar-refractivity contribution in [2.75, 3.05) is 19.8 Å². The van der Waals surface area contributed by atoms with Crippen LogP contribution in [0.1, 0.15) is 23.1 Å². The Kier molecular flexibility index (Phi) is 11.9. The second-order valence-corrected chi connectivity index (χ2v) is 7.49. The molecule has 0 amide bonds. The largest absolute Gasteiger partial charge is 0.376 e. The van der Waals surface area contributed by atoms with Crippen LogP contribution in [0.25, 0.3) is 0 Å². The van der Waals surface area contributed by atoms with E-state index < -0.39 is 0 Å². The molecule has 0 spiro atoms. The molecule has 0 unspecified atom stereocenters. The van der Waals surface area contributed by atoms with Gasteiger partial charge in [0.25, 0.3) is 0 Å². The zero-order valence-electron chi connectivity index (χ0n) is 14.2. The molecule has 0 fully saturated rings. The summed E-state index contributed by atoms with van der Waals surface area (Å²) in [6.07, 6.45) is 6.12. The number of rotatable bonds is 13. The third-order valence-electron chi connectivity index (χ3n) is 3.27. The van der Waals surface area contributed by atoms with Gasteiger partial charge in [0.2, 0.25) is 0 Å². The molecule has 0 radical (unpaired) electrons. The van der Waals surface area contributed by atoms with Crippen LogP contribution in [-0.2, 0) is 34.0 Å². The summed E-state index contributed by atoms with van der Waals surface area (Å²) in [5.74, 6) is 0. The number of halogens is 3. The summed E-state index contributed by atoms with van der Waals surface area (Å²) in [6.45, 7) is 14.1. The fraction of sp³-hybridized carbons (Fsp3) is 0.368. The van der Waals surface area contributed by atoms with Crippen molar-refractivity contribution >= 4 is 47.8 Å². The van der Waals surface area contributed by atoms with E-state index in [0.29, 0.717) is 39.6 Å². The van der Waals surface area contributed by atoms with E-state index in [1.807, 2.05) is 6.08 Å². The van der Waals surface area contributed by atoms with Gasteiger partial charge in [-0.1, -0.05) is 18.2 Å². The van der Waals surface area contributed by atoms with Gasteiger partial charge in [0.15, 0.2) is 0 Å². The van der Waals surface area contributed by atoms with Crippen molar-refractivity contribution in [2.45, 2.75) is 26.2 Å². The predicted molar refractivity (Wildman–Crippen MR) is 114 cm³/mol. The third-order valence-corrected chi connectivity index (χ3v) is 6.14. The van der Waals surface area contributed by atoms with Gasteiger partial charge in [-0.2, -0.15) is 0 Å². The van der Waals surface area contributed by atoms with Gasteiger partial charge >= 0.3 is 0 Å². The van der Waals surface area contributed by atoms with Crippen LogP contribution in [0.15, 0.2) is 51.4 Å². The average Bonchev–Trinajstić information content (AvgIpc) is 2.60. The van der Waals surface area contributed by atoms with Crippen molar-refractivity contribution in [2.24, 2.45) is 0 Å². The molecule has 3 nitrogen and oxygen atoms in total. The first-order valence-electron chi connectivity index (χ1n) is 7.81. The number of hydrogen-bond acceptors (Lipinski definition) is 3. The van der Waals surface area contributed by atoms with Crippen molar-refractivity contribution in [1.29, 1.82) is 0 Å². The lowest BCUT2D eigenvalue weighted by molar-refractivity contribution is 0.122. The summed E-state index contributed by atoms with van der Waals surface area (Å²) in [7, 11) is 0. The first-order valence-corrected chi connectivity index (χ1v) is 10.2. The van der Waals surface area contributed by atoms with E-state index in [2.05, 4.69) is 67.5 Å². The molecule has 0 saturated carbocycles. The van der Waals surface area contributed by atoms with Crippen molar-refractivity contribution in [3.8, 4) is 0 Å². The summed E-state index contributed by atoms with van der Waals surface area (Å²) in [4.78, 5) is 0. The molecule has 0 atom stereocenters. The molecule has 0 aliphatic rings. The zero-order valence-corrected chi connectivity index (χ0v) is 18.9. The molecular formula is C19H23Br3O3. The van der Waals surface area contributed by atoms with E-state index in [9.17, 15) is 0 Å². The summed E-state index contributed by atoms with van der Waals surface area (Å²) in [5, 5.41) is 0. The minimum Gasteiger partial charge on any atom is -0.376 e. The molecular weight excluding hydrogens is 516 g/mol. The van der Waals surface area contributed by atoms with Crippen LogP contribution >= 0.6 is 47.8 Å². The fourth-order valence-corrected chi connectivity index (χ4v) is 4.72. The second kappa shape index (κ2) is 13.0. The van der Waals surface area contributed by atoms with Gasteiger partial charge in [0, 0.05) is 30.1 Å². The Morgan fingerprint density at radius 3 is 1.40 bits per heavy atom. The second-order valence-electron chi connectivity index (χ2n) is 5.12. The number of benzene rings is 1. The van der Waals surface area contributed by atoms with E-state index in [0.717, 1.165) is 36.5 Å². The molecule has 0 aliphatic carbocycles. The van der Waals surface area contributed by atoms with Crippen LogP contribution in [0.2, 0.25) is 0 Å². The molecule has 0 aromatic heterocycles. The third kappa shape index (κ3) is 7.12. The Labute approximate surface area is 175 Å². The van der Waals surface area contributed by atoms with Crippen molar-refractivity contribution < 1.29 is 14.2 Å². The molecule has 25 heavy (non-hydrogen) atoms. The quantitative estimate of drug-likeness (QED) is 0.213. The van der Waals surface area contributed by atoms with Gasteiger partial charge in [-0.25, -0.2) is 0 Å². The van der Waals surface area contributed by atoms with E-state index >= 15 is 0 Å². The van der Waals surface area contributed by atoms with Crippen molar-refractivity contribution in [3.05, 3.63) is 68.1 Å². The molecule has 0 bridgehead atoms. The monoisotopic (exact) mass is 536 g/mol. The van der Waals surface area contributed by atoms with Gasteiger partial charge in [-0.05, 0) is 54.2 Å². The highest BCUT2D eigenvalue weighted by Gasteiger charge is 2.20. The van der Waals surface area contributed by atoms with Gasteiger partial charge in [0.05, 0.1) is 39.6 Å². The Morgan fingerprint density at radius 2 is 1.04 bits per heavy atom.